The van der Waals surface area contributed by atoms with Crippen LogP contribution >= 0.6 is 23.5 Å². The predicted molar refractivity (Wildman–Crippen MR) is 223 cm³/mol. The molecule has 0 radical (unpaired) electrons. The Kier molecular flexibility index (Phi) is 57.5. The summed E-state index contributed by atoms with van der Waals surface area (Å²) in [5, 5.41) is 31.5. The van der Waals surface area contributed by atoms with E-state index in [2.05, 4.69) is 27.4 Å². The van der Waals surface area contributed by atoms with Crippen LogP contribution in [-0.4, -0.2) is 83.2 Å². The largest absolute Gasteiger partial charge is 1.00 e. The number of phosphoric ester groups is 3. The Bertz CT molecular complexity index is 1330. The predicted octanol–water partition coefficient (Wildman–Crippen LogP) is -10.2. The molecule has 0 aliphatic heterocycles. The zero-order valence-corrected chi connectivity index (χ0v) is 55.2. The number of phosphoric acid groups is 3. The Balaban J connectivity index is -0.00000265. The number of rotatable bonds is 40. The molecule has 19 nitrogen and oxygen atoms in total. The van der Waals surface area contributed by atoms with Crippen molar-refractivity contribution in [3.8, 4) is 0 Å². The first-order chi connectivity index (χ1) is 29.8. The maximum absolute atomic E-state index is 13.0. The molecule has 0 bridgehead atoms. The molecule has 1 rings (SSSR count). The zero-order valence-electron chi connectivity index (χ0n) is 42.5. The maximum Gasteiger partial charge on any atom is 1.00 e. The summed E-state index contributed by atoms with van der Waals surface area (Å²) in [7, 11) is -18.0. The van der Waals surface area contributed by atoms with Crippen molar-refractivity contribution in [2.45, 2.75) is 236 Å². The summed E-state index contributed by atoms with van der Waals surface area (Å²) >= 11 is 0. The van der Waals surface area contributed by atoms with Crippen LogP contribution < -0.4 is 172 Å². The topological polar surface area (TPSA) is 317 Å². The van der Waals surface area contributed by atoms with E-state index in [4.69, 9.17) is 14.0 Å². The maximum atomic E-state index is 13.0. The summed E-state index contributed by atoms with van der Waals surface area (Å²) in [6.45, 7) is 2.74. The van der Waals surface area contributed by atoms with Crippen LogP contribution in [0.5, 0.6) is 0 Å². The SMILES string of the molecule is CCCCCCCCCCCCCCCC(=O)OC[C@H](COP(=O)([O-])OC1[C@H](O)[C@H](OP(=O)([O-])[O-])C(O)[C@H](OP(=O)([O-])[O-])[C@H]1O)OC(=O)CCCCCCCCCCCCCCC.[Na+].[Na+].[Na+].[Na+].[Na+]. The van der Waals surface area contributed by atoms with E-state index in [1.165, 1.54) is 96.3 Å². The molecule has 68 heavy (non-hydrogen) atoms. The fraction of sp³-hybridized carbons (Fsp3) is 0.951. The van der Waals surface area contributed by atoms with Gasteiger partial charge in [-0.05, 0) is 12.8 Å². The van der Waals surface area contributed by atoms with E-state index in [1.54, 1.807) is 0 Å². The number of carbonyl (C=O) groups is 2. The van der Waals surface area contributed by atoms with Gasteiger partial charge in [-0.15, -0.1) is 0 Å². The number of aliphatic hydroxyl groups excluding tert-OH is 3. The smallest absolute Gasteiger partial charge is 0.790 e. The van der Waals surface area contributed by atoms with Gasteiger partial charge in [-0.2, -0.15) is 0 Å². The van der Waals surface area contributed by atoms with Crippen LogP contribution in [0.1, 0.15) is 194 Å². The van der Waals surface area contributed by atoms with E-state index in [0.29, 0.717) is 12.8 Å². The van der Waals surface area contributed by atoms with Crippen LogP contribution in [0.3, 0.4) is 0 Å². The summed E-state index contributed by atoms with van der Waals surface area (Å²) in [5.74, 6) is -1.38. The van der Waals surface area contributed by atoms with E-state index in [1.807, 2.05) is 0 Å². The monoisotopic (exact) mass is 1080 g/mol. The third-order valence-corrected chi connectivity index (χ3v) is 12.9. The Hall–Kier alpha value is 4.15. The molecule has 27 heteroatoms. The molecule has 1 aliphatic carbocycles. The minimum absolute atomic E-state index is 0. The standard InChI is InChI=1S/C41H81O19P3.5Na/c1-3-5-7-9-11-13-15-17-19-21-23-25-27-29-34(42)55-31-33(57-35(43)30-28-26-24-22-20-18-16-14-12-10-8-6-4-2)32-56-63(53,54)60-41-37(45)39(58-61(47,48)49)36(44)40(38(41)46)59-62(50,51)52;;;;;/h33,36-41,44-46H,3-32H2,1-2H3,(H,53,54)(H2,47,48,49)(H2,50,51,52);;;;;/q;5*+1/p-5/t33-,36?,37-,38-,39-,40+,41?;;;;;/m1...../s1. The van der Waals surface area contributed by atoms with Crippen molar-refractivity contribution < 1.29 is 238 Å². The number of hydrogen-bond acceptors (Lipinski definition) is 19. The molecule has 0 aromatic carbocycles. The first kappa shape index (κ1) is 81.0. The average molecular weight is 1080 g/mol. The summed E-state index contributed by atoms with van der Waals surface area (Å²) in [6.07, 6.45) is 11.0. The molecule has 0 aromatic rings. The van der Waals surface area contributed by atoms with E-state index in [-0.39, 0.29) is 161 Å². The Morgan fingerprint density at radius 3 is 1.03 bits per heavy atom. The van der Waals surface area contributed by atoms with Gasteiger partial charge in [0.2, 0.25) is 0 Å². The molecule has 3 N–H and O–H groups in total. The quantitative estimate of drug-likeness (QED) is 0.0222. The number of unbranched alkanes of at least 4 members (excludes halogenated alkanes) is 24. The molecule has 8 atom stereocenters. The van der Waals surface area contributed by atoms with E-state index >= 15 is 0 Å². The van der Waals surface area contributed by atoms with Gasteiger partial charge in [0.05, 0.1) is 22.3 Å². The summed E-state index contributed by atoms with van der Waals surface area (Å²) < 4.78 is 63.7. The van der Waals surface area contributed by atoms with Crippen molar-refractivity contribution >= 4 is 35.4 Å². The first-order valence-corrected chi connectivity index (χ1v) is 27.6. The Morgan fingerprint density at radius 2 is 0.721 bits per heavy atom. The van der Waals surface area contributed by atoms with Crippen LogP contribution in [0.15, 0.2) is 0 Å². The molecule has 0 spiro atoms. The van der Waals surface area contributed by atoms with E-state index in [0.717, 1.165) is 57.8 Å². The molecular formula is C41H76Na5O19P3. The zero-order chi connectivity index (χ0) is 47.2. The summed E-state index contributed by atoms with van der Waals surface area (Å²) in [6, 6.07) is 0. The van der Waals surface area contributed by atoms with Crippen molar-refractivity contribution in [2.75, 3.05) is 13.2 Å². The van der Waals surface area contributed by atoms with Crippen LogP contribution in [0.2, 0.25) is 0 Å². The molecule has 0 aromatic heterocycles. The minimum atomic E-state index is -6.09. The second-order valence-corrected chi connectivity index (χ2v) is 20.2. The molecule has 1 saturated carbocycles. The van der Waals surface area contributed by atoms with Gasteiger partial charge in [0.25, 0.3) is 7.82 Å². The number of hydrogen-bond donors (Lipinski definition) is 3. The fourth-order valence-corrected chi connectivity index (χ4v) is 9.44. The third-order valence-electron chi connectivity index (χ3n) is 10.9. The van der Waals surface area contributed by atoms with Crippen molar-refractivity contribution in [3.63, 3.8) is 0 Å². The van der Waals surface area contributed by atoms with Crippen LogP contribution in [0.4, 0.5) is 0 Å². The molecule has 0 amide bonds. The third kappa shape index (κ3) is 43.2. The molecule has 3 unspecified atom stereocenters. The van der Waals surface area contributed by atoms with Gasteiger partial charge in [0.15, 0.2) is 6.10 Å². The van der Waals surface area contributed by atoms with Crippen molar-refractivity contribution in [1.82, 2.24) is 0 Å². The molecule has 1 aliphatic rings. The van der Waals surface area contributed by atoms with E-state index in [9.17, 15) is 63.1 Å². The molecular weight excluding hydrogens is 1000 g/mol. The second kappa shape index (κ2) is 48.3. The van der Waals surface area contributed by atoms with Gasteiger partial charge in [0.1, 0.15) is 43.2 Å². The summed E-state index contributed by atoms with van der Waals surface area (Å²) in [4.78, 5) is 83.5. The second-order valence-electron chi connectivity index (χ2n) is 16.6. The van der Waals surface area contributed by atoms with E-state index < -0.39 is 91.3 Å². The fourth-order valence-electron chi connectivity index (χ4n) is 7.39. The first-order valence-electron chi connectivity index (χ1n) is 23.2. The van der Waals surface area contributed by atoms with Gasteiger partial charge in [-0.3, -0.25) is 14.2 Å². The van der Waals surface area contributed by atoms with Gasteiger partial charge in [-0.25, -0.2) is 0 Å². The molecule has 0 heterocycles. The Morgan fingerprint density at radius 1 is 0.441 bits per heavy atom. The van der Waals surface area contributed by atoms with Gasteiger partial charge in [0, 0.05) is 12.8 Å². The van der Waals surface area contributed by atoms with Gasteiger partial charge < -0.3 is 76.5 Å². The van der Waals surface area contributed by atoms with Crippen LogP contribution in [0, 0.1) is 0 Å². The average Bonchev–Trinajstić information content (AvgIpc) is 3.20. The number of ether oxygens (including phenoxy) is 2. The normalized spacial score (nSPS) is 20.5. The van der Waals surface area contributed by atoms with Crippen molar-refractivity contribution in [1.29, 1.82) is 0 Å². The number of aliphatic hydroxyl groups is 3. The number of esters is 2. The van der Waals surface area contributed by atoms with Crippen LogP contribution in [0.25, 0.3) is 0 Å². The number of carbonyl (C=O) groups excluding carboxylic acids is 2. The van der Waals surface area contributed by atoms with Gasteiger partial charge in [-0.1, -0.05) is 168 Å². The molecule has 1 fully saturated rings. The molecule has 0 saturated heterocycles. The van der Waals surface area contributed by atoms with Crippen molar-refractivity contribution in [2.24, 2.45) is 0 Å². The van der Waals surface area contributed by atoms with Crippen LogP contribution in [-0.2, 0) is 50.9 Å². The van der Waals surface area contributed by atoms with Crippen molar-refractivity contribution in [3.05, 3.63) is 0 Å². The molecule has 374 valence electrons. The summed E-state index contributed by atoms with van der Waals surface area (Å²) in [5.41, 5.74) is 0. The minimum Gasteiger partial charge on any atom is -0.790 e. The van der Waals surface area contributed by atoms with Gasteiger partial charge >= 0.3 is 160 Å². The Labute approximate surface area is 516 Å².